The molecule has 0 radical (unpaired) electrons. The fraction of sp³-hybridized carbons (Fsp3) is 0.125. The van der Waals surface area contributed by atoms with Gasteiger partial charge in [0.1, 0.15) is 11.6 Å². The highest BCUT2D eigenvalue weighted by Gasteiger charge is 2.21. The van der Waals surface area contributed by atoms with Crippen molar-refractivity contribution in [2.75, 3.05) is 18.0 Å². The largest absolute Gasteiger partial charge is 0.334 e. The molecule has 0 bridgehead atoms. The number of benzene rings is 2. The highest BCUT2D eigenvalue weighted by molar-refractivity contribution is 5.79. The van der Waals surface area contributed by atoms with Crippen LogP contribution in [-0.4, -0.2) is 13.1 Å². The molecule has 0 spiro atoms. The third kappa shape index (κ3) is 2.64. The maximum Gasteiger partial charge on any atom is 0.146 e. The molecular formula is C16H12F2N4. The molecule has 6 heteroatoms. The fourth-order valence-electron chi connectivity index (χ4n) is 2.53. The van der Waals surface area contributed by atoms with Gasteiger partial charge in [-0.1, -0.05) is 23.3 Å². The zero-order chi connectivity index (χ0) is 15.5. The summed E-state index contributed by atoms with van der Waals surface area (Å²) in [6.07, 6.45) is 1.85. The number of rotatable bonds is 3. The summed E-state index contributed by atoms with van der Waals surface area (Å²) in [6, 6.07) is 10.7. The Labute approximate surface area is 125 Å². The first-order chi connectivity index (χ1) is 10.7. The van der Waals surface area contributed by atoms with Gasteiger partial charge in [-0.2, -0.15) is 0 Å². The Kier molecular flexibility index (Phi) is 3.76. The molecule has 110 valence electrons. The lowest BCUT2D eigenvalue weighted by molar-refractivity contribution is 0.621. The normalized spacial score (nSPS) is 13.2. The van der Waals surface area contributed by atoms with E-state index in [1.807, 2.05) is 6.08 Å². The van der Waals surface area contributed by atoms with Crippen LogP contribution in [0.2, 0.25) is 0 Å². The number of anilines is 2. The van der Waals surface area contributed by atoms with Crippen LogP contribution in [0.15, 0.2) is 53.2 Å². The summed E-state index contributed by atoms with van der Waals surface area (Å²) in [5.41, 5.74) is 11.0. The van der Waals surface area contributed by atoms with E-state index in [4.69, 9.17) is 5.53 Å². The molecule has 1 aliphatic heterocycles. The minimum absolute atomic E-state index is 0.193. The molecule has 0 aliphatic carbocycles. The van der Waals surface area contributed by atoms with Gasteiger partial charge < -0.3 is 4.90 Å². The topological polar surface area (TPSA) is 52.0 Å². The fourth-order valence-corrected chi connectivity index (χ4v) is 2.53. The lowest BCUT2D eigenvalue weighted by Gasteiger charge is -2.31. The van der Waals surface area contributed by atoms with Crippen molar-refractivity contribution in [1.29, 1.82) is 0 Å². The third-order valence-corrected chi connectivity index (χ3v) is 3.48. The molecule has 0 atom stereocenters. The molecule has 0 fully saturated rings. The average molecular weight is 298 g/mol. The Morgan fingerprint density at radius 3 is 2.73 bits per heavy atom. The molecule has 0 unspecified atom stereocenters. The van der Waals surface area contributed by atoms with Gasteiger partial charge in [0, 0.05) is 18.0 Å². The van der Waals surface area contributed by atoms with E-state index in [0.29, 0.717) is 17.9 Å². The van der Waals surface area contributed by atoms with E-state index in [2.05, 4.69) is 10.0 Å². The van der Waals surface area contributed by atoms with Crippen molar-refractivity contribution in [3.63, 3.8) is 0 Å². The number of fused-ring (bicyclic) bond motifs is 1. The number of hydrogen-bond donors (Lipinski definition) is 0. The van der Waals surface area contributed by atoms with Crippen molar-refractivity contribution in [2.24, 2.45) is 5.11 Å². The van der Waals surface area contributed by atoms with E-state index in [1.54, 1.807) is 29.2 Å². The standard InChI is InChI=1S/C16H12F2N4/c17-13-6-5-12-7-11(9-20-21-19)10-22(16(12)8-13)15-4-2-1-3-14(15)18/h1-8H,9-10H2. The van der Waals surface area contributed by atoms with Crippen molar-refractivity contribution in [3.05, 3.63) is 75.7 Å². The predicted octanol–water partition coefficient (Wildman–Crippen LogP) is 4.81. The molecule has 0 aromatic heterocycles. The van der Waals surface area contributed by atoms with Crippen LogP contribution in [0, 0.1) is 11.6 Å². The highest BCUT2D eigenvalue weighted by atomic mass is 19.1. The molecule has 0 saturated heterocycles. The maximum atomic E-state index is 14.1. The molecule has 2 aromatic rings. The molecule has 3 rings (SSSR count). The summed E-state index contributed by atoms with van der Waals surface area (Å²) >= 11 is 0. The van der Waals surface area contributed by atoms with Crippen LogP contribution >= 0.6 is 0 Å². The number of para-hydroxylation sites is 1. The summed E-state index contributed by atoms with van der Waals surface area (Å²) in [6.45, 7) is 0.536. The van der Waals surface area contributed by atoms with Gasteiger partial charge in [0.05, 0.1) is 11.4 Å². The Morgan fingerprint density at radius 2 is 1.95 bits per heavy atom. The first-order valence-electron chi connectivity index (χ1n) is 6.71. The maximum absolute atomic E-state index is 14.1. The second-order valence-electron chi connectivity index (χ2n) is 4.93. The molecule has 0 saturated carbocycles. The van der Waals surface area contributed by atoms with Gasteiger partial charge in [-0.05, 0) is 47.0 Å². The average Bonchev–Trinajstić information content (AvgIpc) is 2.53. The van der Waals surface area contributed by atoms with Crippen LogP contribution in [0.1, 0.15) is 5.56 Å². The highest BCUT2D eigenvalue weighted by Crippen LogP contribution is 2.36. The van der Waals surface area contributed by atoms with Crippen molar-refractivity contribution >= 4 is 17.5 Å². The Bertz CT molecular complexity index is 794. The minimum atomic E-state index is -0.386. The monoisotopic (exact) mass is 298 g/mol. The quantitative estimate of drug-likeness (QED) is 0.455. The first kappa shape index (κ1) is 14.1. The Balaban J connectivity index is 2.11. The number of hydrogen-bond acceptors (Lipinski definition) is 2. The second-order valence-corrected chi connectivity index (χ2v) is 4.93. The number of halogens is 2. The Hall–Kier alpha value is -2.85. The SMILES string of the molecule is [N-]=[N+]=NCC1=Cc2ccc(F)cc2N(c2ccccc2F)C1. The van der Waals surface area contributed by atoms with Gasteiger partial charge in [0.15, 0.2) is 0 Å². The van der Waals surface area contributed by atoms with Crippen LogP contribution in [-0.2, 0) is 0 Å². The zero-order valence-electron chi connectivity index (χ0n) is 11.6. The van der Waals surface area contributed by atoms with Gasteiger partial charge >= 0.3 is 0 Å². The van der Waals surface area contributed by atoms with E-state index in [1.165, 1.54) is 18.2 Å². The van der Waals surface area contributed by atoms with Crippen LogP contribution in [0.25, 0.3) is 16.5 Å². The van der Waals surface area contributed by atoms with Crippen molar-refractivity contribution in [3.8, 4) is 0 Å². The number of azide groups is 1. The molecule has 22 heavy (non-hydrogen) atoms. The van der Waals surface area contributed by atoms with Gasteiger partial charge in [0.2, 0.25) is 0 Å². The first-order valence-corrected chi connectivity index (χ1v) is 6.71. The van der Waals surface area contributed by atoms with Crippen LogP contribution in [0.4, 0.5) is 20.2 Å². The molecule has 1 heterocycles. The predicted molar refractivity (Wildman–Crippen MR) is 81.8 cm³/mol. The summed E-state index contributed by atoms with van der Waals surface area (Å²) in [4.78, 5) is 4.44. The van der Waals surface area contributed by atoms with E-state index < -0.39 is 0 Å². The van der Waals surface area contributed by atoms with E-state index in [-0.39, 0.29) is 18.2 Å². The summed E-state index contributed by atoms with van der Waals surface area (Å²) < 4.78 is 27.7. The summed E-state index contributed by atoms with van der Waals surface area (Å²) in [5.74, 6) is -0.769. The van der Waals surface area contributed by atoms with Crippen LogP contribution in [0.5, 0.6) is 0 Å². The molecular weight excluding hydrogens is 286 g/mol. The van der Waals surface area contributed by atoms with Crippen molar-refractivity contribution in [1.82, 2.24) is 0 Å². The zero-order valence-corrected chi connectivity index (χ0v) is 11.6. The van der Waals surface area contributed by atoms with E-state index >= 15 is 0 Å². The van der Waals surface area contributed by atoms with Crippen LogP contribution in [0.3, 0.4) is 0 Å². The van der Waals surface area contributed by atoms with Gasteiger partial charge in [-0.25, -0.2) is 8.78 Å². The molecule has 0 N–H and O–H groups in total. The smallest absolute Gasteiger partial charge is 0.146 e. The van der Waals surface area contributed by atoms with Crippen molar-refractivity contribution < 1.29 is 8.78 Å². The van der Waals surface area contributed by atoms with Gasteiger partial charge in [-0.15, -0.1) is 0 Å². The summed E-state index contributed by atoms with van der Waals surface area (Å²) in [7, 11) is 0. The van der Waals surface area contributed by atoms with E-state index in [9.17, 15) is 8.78 Å². The molecule has 2 aromatic carbocycles. The molecule has 4 nitrogen and oxygen atoms in total. The minimum Gasteiger partial charge on any atom is -0.334 e. The molecule has 1 aliphatic rings. The molecule has 0 amide bonds. The lowest BCUT2D eigenvalue weighted by atomic mass is 10.0. The summed E-state index contributed by atoms with van der Waals surface area (Å²) in [5, 5.41) is 3.55. The van der Waals surface area contributed by atoms with E-state index in [0.717, 1.165) is 11.1 Å². The second kappa shape index (κ2) is 5.87. The van der Waals surface area contributed by atoms with Gasteiger partial charge in [0.25, 0.3) is 0 Å². The van der Waals surface area contributed by atoms with Gasteiger partial charge in [-0.3, -0.25) is 0 Å². The van der Waals surface area contributed by atoms with Crippen molar-refractivity contribution in [2.45, 2.75) is 0 Å². The lowest BCUT2D eigenvalue weighted by Crippen LogP contribution is -2.25. The third-order valence-electron chi connectivity index (χ3n) is 3.48. The number of nitrogens with zero attached hydrogens (tertiary/aromatic N) is 4. The van der Waals surface area contributed by atoms with Crippen LogP contribution < -0.4 is 4.90 Å². The Morgan fingerprint density at radius 1 is 1.14 bits per heavy atom.